The molecule has 1 aromatic carbocycles. The third kappa shape index (κ3) is 3.86. The first-order chi connectivity index (χ1) is 9.09. The first-order valence-corrected chi connectivity index (χ1v) is 6.24. The minimum absolute atomic E-state index is 0. The number of benzene rings is 1. The summed E-state index contributed by atoms with van der Waals surface area (Å²) in [5.74, 6) is -5.10. The smallest absolute Gasteiger partial charge is 0.254 e. The fourth-order valence-corrected chi connectivity index (χ4v) is 2.16. The molecule has 1 amide bonds. The quantitative estimate of drug-likeness (QED) is 0.839. The Labute approximate surface area is 121 Å². The van der Waals surface area contributed by atoms with E-state index in [9.17, 15) is 18.0 Å². The molecule has 1 aliphatic rings. The molecule has 0 radical (unpaired) electrons. The Bertz CT molecular complexity index is 479. The first-order valence-electron chi connectivity index (χ1n) is 6.24. The molecule has 1 aromatic rings. The predicted octanol–water partition coefficient (Wildman–Crippen LogP) is 2.40. The Kier molecular flexibility index (Phi) is 6.29. The van der Waals surface area contributed by atoms with Crippen LogP contribution in [0.4, 0.5) is 13.2 Å². The standard InChI is InChI=1S/C13H15F3N2O.ClH/c14-10-4-3-9(11(15)12(10)16)13(19)18-7-5-8-2-1-6-17-8;/h3-4,8,17H,1-2,5-7H2,(H,18,19);1H/t8-;/m1./s1. The lowest BCUT2D eigenvalue weighted by molar-refractivity contribution is 0.0947. The normalized spacial score (nSPS) is 17.6. The van der Waals surface area contributed by atoms with Gasteiger partial charge in [-0.05, 0) is 37.9 Å². The molecule has 1 saturated heterocycles. The zero-order valence-corrected chi connectivity index (χ0v) is 11.5. The largest absolute Gasteiger partial charge is 0.352 e. The van der Waals surface area contributed by atoms with E-state index in [1.54, 1.807) is 0 Å². The summed E-state index contributed by atoms with van der Waals surface area (Å²) in [6.45, 7) is 1.34. The number of halogens is 4. The molecule has 20 heavy (non-hydrogen) atoms. The van der Waals surface area contributed by atoms with Crippen molar-refractivity contribution in [3.63, 3.8) is 0 Å². The van der Waals surface area contributed by atoms with Crippen molar-refractivity contribution in [3.05, 3.63) is 35.1 Å². The van der Waals surface area contributed by atoms with Gasteiger partial charge in [0.1, 0.15) is 0 Å². The highest BCUT2D eigenvalue weighted by Crippen LogP contribution is 2.15. The molecule has 1 aliphatic heterocycles. The maximum Gasteiger partial charge on any atom is 0.254 e. The topological polar surface area (TPSA) is 41.1 Å². The van der Waals surface area contributed by atoms with Crippen molar-refractivity contribution in [1.29, 1.82) is 0 Å². The van der Waals surface area contributed by atoms with Gasteiger partial charge in [0, 0.05) is 12.6 Å². The molecular formula is C13H16ClF3N2O. The zero-order valence-electron chi connectivity index (χ0n) is 10.7. The molecule has 0 aromatic heterocycles. The fourth-order valence-electron chi connectivity index (χ4n) is 2.16. The Morgan fingerprint density at radius 1 is 1.30 bits per heavy atom. The van der Waals surface area contributed by atoms with Crippen molar-refractivity contribution in [2.75, 3.05) is 13.1 Å². The van der Waals surface area contributed by atoms with E-state index in [1.807, 2.05) is 0 Å². The molecule has 0 aliphatic carbocycles. The molecule has 1 fully saturated rings. The van der Waals surface area contributed by atoms with Crippen molar-refractivity contribution < 1.29 is 18.0 Å². The molecule has 0 saturated carbocycles. The number of hydrogen-bond donors (Lipinski definition) is 2. The van der Waals surface area contributed by atoms with E-state index in [0.717, 1.165) is 37.9 Å². The molecule has 2 rings (SSSR count). The van der Waals surface area contributed by atoms with Crippen molar-refractivity contribution in [2.24, 2.45) is 0 Å². The van der Waals surface area contributed by atoms with Crippen molar-refractivity contribution in [3.8, 4) is 0 Å². The summed E-state index contributed by atoms with van der Waals surface area (Å²) in [7, 11) is 0. The second-order valence-electron chi connectivity index (χ2n) is 4.56. The van der Waals surface area contributed by atoms with Crippen molar-refractivity contribution >= 4 is 18.3 Å². The van der Waals surface area contributed by atoms with E-state index in [0.29, 0.717) is 12.6 Å². The number of amides is 1. The molecule has 1 heterocycles. The number of rotatable bonds is 4. The Balaban J connectivity index is 0.00000200. The van der Waals surface area contributed by atoms with Gasteiger partial charge in [-0.1, -0.05) is 0 Å². The van der Waals surface area contributed by atoms with Crippen LogP contribution in [0.15, 0.2) is 12.1 Å². The molecule has 0 spiro atoms. The second kappa shape index (κ2) is 7.50. The molecule has 0 bridgehead atoms. The van der Waals surface area contributed by atoms with Gasteiger partial charge in [0.25, 0.3) is 5.91 Å². The van der Waals surface area contributed by atoms with Crippen LogP contribution < -0.4 is 10.6 Å². The third-order valence-electron chi connectivity index (χ3n) is 3.22. The molecular weight excluding hydrogens is 293 g/mol. The van der Waals surface area contributed by atoms with Crippen LogP contribution in [0.5, 0.6) is 0 Å². The monoisotopic (exact) mass is 308 g/mol. The highest BCUT2D eigenvalue weighted by atomic mass is 35.5. The number of carbonyl (C=O) groups excluding carboxylic acids is 1. The lowest BCUT2D eigenvalue weighted by atomic mass is 10.1. The number of hydrogen-bond acceptors (Lipinski definition) is 2. The zero-order chi connectivity index (χ0) is 13.8. The highest BCUT2D eigenvalue weighted by molar-refractivity contribution is 5.94. The van der Waals surface area contributed by atoms with Crippen LogP contribution in [0.25, 0.3) is 0 Å². The molecule has 1 atom stereocenters. The summed E-state index contributed by atoms with van der Waals surface area (Å²) in [4.78, 5) is 11.6. The van der Waals surface area contributed by atoms with Crippen LogP contribution in [0.2, 0.25) is 0 Å². The molecule has 2 N–H and O–H groups in total. The highest BCUT2D eigenvalue weighted by Gasteiger charge is 2.19. The van der Waals surface area contributed by atoms with Gasteiger partial charge in [0.15, 0.2) is 17.5 Å². The fraction of sp³-hybridized carbons (Fsp3) is 0.462. The predicted molar refractivity (Wildman–Crippen MR) is 71.5 cm³/mol. The first kappa shape index (κ1) is 16.8. The van der Waals surface area contributed by atoms with Crippen LogP contribution in [-0.4, -0.2) is 25.0 Å². The van der Waals surface area contributed by atoms with E-state index in [1.165, 1.54) is 0 Å². The SMILES string of the molecule is Cl.O=C(NCC[C@H]1CCCN1)c1ccc(F)c(F)c1F. The molecule has 3 nitrogen and oxygen atoms in total. The summed E-state index contributed by atoms with van der Waals surface area (Å²) in [6, 6.07) is 2.04. The molecule has 0 unspecified atom stereocenters. The molecule has 7 heteroatoms. The minimum atomic E-state index is -1.62. The summed E-state index contributed by atoms with van der Waals surface area (Å²) in [6.07, 6.45) is 2.89. The van der Waals surface area contributed by atoms with Crippen LogP contribution in [0.3, 0.4) is 0 Å². The summed E-state index contributed by atoms with van der Waals surface area (Å²) < 4.78 is 39.1. The lowest BCUT2D eigenvalue weighted by Crippen LogP contribution is -2.31. The van der Waals surface area contributed by atoms with Gasteiger partial charge >= 0.3 is 0 Å². The van der Waals surface area contributed by atoms with Gasteiger partial charge in [-0.25, -0.2) is 13.2 Å². The van der Waals surface area contributed by atoms with E-state index < -0.39 is 28.9 Å². The minimum Gasteiger partial charge on any atom is -0.352 e. The van der Waals surface area contributed by atoms with Gasteiger partial charge in [-0.15, -0.1) is 12.4 Å². The average molecular weight is 309 g/mol. The Morgan fingerprint density at radius 2 is 2.05 bits per heavy atom. The van der Waals surface area contributed by atoms with E-state index in [-0.39, 0.29) is 12.4 Å². The van der Waals surface area contributed by atoms with E-state index >= 15 is 0 Å². The Morgan fingerprint density at radius 3 is 2.70 bits per heavy atom. The van der Waals surface area contributed by atoms with E-state index in [2.05, 4.69) is 10.6 Å². The van der Waals surface area contributed by atoms with Crippen molar-refractivity contribution in [2.45, 2.75) is 25.3 Å². The average Bonchev–Trinajstić information content (AvgIpc) is 2.89. The third-order valence-corrected chi connectivity index (χ3v) is 3.22. The Hall–Kier alpha value is -1.27. The maximum atomic E-state index is 13.4. The number of carbonyl (C=O) groups is 1. The second-order valence-corrected chi connectivity index (χ2v) is 4.56. The van der Waals surface area contributed by atoms with Crippen molar-refractivity contribution in [1.82, 2.24) is 10.6 Å². The molecule has 112 valence electrons. The van der Waals surface area contributed by atoms with Gasteiger partial charge < -0.3 is 10.6 Å². The van der Waals surface area contributed by atoms with Crippen LogP contribution in [0.1, 0.15) is 29.6 Å². The van der Waals surface area contributed by atoms with Gasteiger partial charge in [-0.2, -0.15) is 0 Å². The number of nitrogens with one attached hydrogen (secondary N) is 2. The maximum absolute atomic E-state index is 13.4. The van der Waals surface area contributed by atoms with Crippen LogP contribution >= 0.6 is 12.4 Å². The summed E-state index contributed by atoms with van der Waals surface area (Å²) in [5, 5.41) is 5.77. The van der Waals surface area contributed by atoms with Crippen LogP contribution in [-0.2, 0) is 0 Å². The van der Waals surface area contributed by atoms with Crippen LogP contribution in [0, 0.1) is 17.5 Å². The van der Waals surface area contributed by atoms with Gasteiger partial charge in [-0.3, -0.25) is 4.79 Å². The lowest BCUT2D eigenvalue weighted by Gasteiger charge is -2.11. The van der Waals surface area contributed by atoms with Gasteiger partial charge in [0.05, 0.1) is 5.56 Å². The summed E-state index contributed by atoms with van der Waals surface area (Å²) in [5.41, 5.74) is -0.474. The van der Waals surface area contributed by atoms with Gasteiger partial charge in [0.2, 0.25) is 0 Å². The van der Waals surface area contributed by atoms with E-state index in [4.69, 9.17) is 0 Å². The summed E-state index contributed by atoms with van der Waals surface area (Å²) >= 11 is 0.